The molecule has 5 heteroatoms. The van der Waals surface area contributed by atoms with Crippen LogP contribution in [0.4, 0.5) is 0 Å². The second-order valence-electron chi connectivity index (χ2n) is 4.01. The zero-order valence-electron chi connectivity index (χ0n) is 10.2. The fourth-order valence-electron chi connectivity index (χ4n) is 1.77. The fourth-order valence-corrected chi connectivity index (χ4v) is 2.39. The molecule has 100 valence electrons. The summed E-state index contributed by atoms with van der Waals surface area (Å²) in [5, 5.41) is 0. The largest absolute Gasteiger partial charge is 0.457 e. The second-order valence-corrected chi connectivity index (χ2v) is 5.11. The van der Waals surface area contributed by atoms with Crippen LogP contribution >= 0.6 is 27.5 Å². The van der Waals surface area contributed by atoms with Gasteiger partial charge in [-0.25, -0.2) is 0 Å². The molecule has 1 heterocycles. The van der Waals surface area contributed by atoms with Crippen LogP contribution in [0.5, 0.6) is 0 Å². The van der Waals surface area contributed by atoms with Gasteiger partial charge in [0, 0.05) is 19.0 Å². The zero-order chi connectivity index (χ0) is 13.7. The number of alkyl halides is 1. The maximum absolute atomic E-state index is 12.4. The van der Waals surface area contributed by atoms with Gasteiger partial charge >= 0.3 is 0 Å². The third kappa shape index (κ3) is 3.61. The van der Waals surface area contributed by atoms with Gasteiger partial charge in [0.15, 0.2) is 4.67 Å². The maximum Gasteiger partial charge on any atom is 0.258 e. The first-order chi connectivity index (χ1) is 9.22. The van der Waals surface area contributed by atoms with Gasteiger partial charge in [0.2, 0.25) is 0 Å². The van der Waals surface area contributed by atoms with Crippen molar-refractivity contribution in [3.63, 3.8) is 0 Å². The molecule has 0 unspecified atom stereocenters. The molecule has 0 radical (unpaired) electrons. The number of nitrogens with zero attached hydrogens (tertiary/aromatic N) is 1. The van der Waals surface area contributed by atoms with E-state index in [0.29, 0.717) is 29.2 Å². The normalized spacial score (nSPS) is 10.4. The number of carbonyl (C=O) groups is 1. The first kappa shape index (κ1) is 14.2. The summed E-state index contributed by atoms with van der Waals surface area (Å²) in [6.07, 6.45) is 1.48. The molecule has 0 aliphatic rings. The van der Waals surface area contributed by atoms with Crippen LogP contribution in [0.1, 0.15) is 15.9 Å². The number of hydrogen-bond donors (Lipinski definition) is 0. The van der Waals surface area contributed by atoms with E-state index in [9.17, 15) is 4.79 Å². The Morgan fingerprint density at radius 2 is 2.00 bits per heavy atom. The van der Waals surface area contributed by atoms with E-state index in [4.69, 9.17) is 16.0 Å². The van der Waals surface area contributed by atoms with E-state index in [1.165, 1.54) is 6.26 Å². The van der Waals surface area contributed by atoms with Crippen molar-refractivity contribution in [1.29, 1.82) is 0 Å². The Morgan fingerprint density at radius 1 is 1.26 bits per heavy atom. The number of halogens is 2. The van der Waals surface area contributed by atoms with Crippen molar-refractivity contribution in [2.24, 2.45) is 0 Å². The van der Waals surface area contributed by atoms with Gasteiger partial charge in [0.25, 0.3) is 5.91 Å². The molecule has 1 amide bonds. The third-order valence-corrected chi connectivity index (χ3v) is 3.49. The number of hydrogen-bond acceptors (Lipinski definition) is 2. The van der Waals surface area contributed by atoms with Crippen LogP contribution in [0.25, 0.3) is 0 Å². The molecule has 0 saturated heterocycles. The van der Waals surface area contributed by atoms with Gasteiger partial charge in [-0.2, -0.15) is 0 Å². The van der Waals surface area contributed by atoms with Gasteiger partial charge in [-0.15, -0.1) is 11.6 Å². The highest BCUT2D eigenvalue weighted by Gasteiger charge is 2.19. The lowest BCUT2D eigenvalue weighted by molar-refractivity contribution is 0.0751. The summed E-state index contributed by atoms with van der Waals surface area (Å²) >= 11 is 9.00. The molecular formula is C14H13BrClNO2. The molecule has 0 fully saturated rings. The predicted octanol–water partition coefficient (Wildman–Crippen LogP) is 3.92. The highest BCUT2D eigenvalue weighted by atomic mass is 79.9. The Kier molecular flexibility index (Phi) is 5.05. The minimum atomic E-state index is -0.0925. The molecule has 0 N–H and O–H groups in total. The van der Waals surface area contributed by atoms with E-state index in [1.54, 1.807) is 11.0 Å². The molecule has 1 aromatic heterocycles. The SMILES string of the molecule is O=C(c1ccoc1Br)N(CCCl)Cc1ccccc1. The predicted molar refractivity (Wildman–Crippen MR) is 78.3 cm³/mol. The van der Waals surface area contributed by atoms with E-state index in [0.717, 1.165) is 5.56 Å². The first-order valence-corrected chi connectivity index (χ1v) is 7.17. The van der Waals surface area contributed by atoms with Crippen molar-refractivity contribution in [3.05, 3.63) is 58.5 Å². The molecule has 2 aromatic rings. The molecule has 3 nitrogen and oxygen atoms in total. The Bertz CT molecular complexity index is 541. The van der Waals surface area contributed by atoms with Crippen LogP contribution in [-0.2, 0) is 6.54 Å². The van der Waals surface area contributed by atoms with E-state index >= 15 is 0 Å². The summed E-state index contributed by atoms with van der Waals surface area (Å²) in [7, 11) is 0. The third-order valence-electron chi connectivity index (χ3n) is 2.71. The summed E-state index contributed by atoms with van der Waals surface area (Å²) in [4.78, 5) is 14.1. The quantitative estimate of drug-likeness (QED) is 0.772. The van der Waals surface area contributed by atoms with Crippen molar-refractivity contribution in [2.75, 3.05) is 12.4 Å². The number of benzene rings is 1. The van der Waals surface area contributed by atoms with Crippen LogP contribution in [0.2, 0.25) is 0 Å². The number of amides is 1. The Morgan fingerprint density at radius 3 is 2.58 bits per heavy atom. The lowest BCUT2D eigenvalue weighted by Gasteiger charge is -2.21. The van der Waals surface area contributed by atoms with Gasteiger partial charge in [-0.3, -0.25) is 4.79 Å². The standard InChI is InChI=1S/C14H13BrClNO2/c15-13-12(6-9-19-13)14(18)17(8-7-16)10-11-4-2-1-3-5-11/h1-6,9H,7-8,10H2. The monoisotopic (exact) mass is 341 g/mol. The molecule has 1 aromatic carbocycles. The van der Waals surface area contributed by atoms with Gasteiger partial charge < -0.3 is 9.32 Å². The average Bonchev–Trinajstić information content (AvgIpc) is 2.85. The summed E-state index contributed by atoms with van der Waals surface area (Å²) in [5.74, 6) is 0.304. The molecule has 0 aliphatic heterocycles. The Labute approximate surface area is 125 Å². The summed E-state index contributed by atoms with van der Waals surface area (Å²) in [6.45, 7) is 1.02. The lowest BCUT2D eigenvalue weighted by atomic mass is 10.2. The minimum absolute atomic E-state index is 0.0925. The molecule has 0 saturated carbocycles. The lowest BCUT2D eigenvalue weighted by Crippen LogP contribution is -2.32. The molecular weight excluding hydrogens is 330 g/mol. The van der Waals surface area contributed by atoms with Crippen LogP contribution in [0, 0.1) is 0 Å². The first-order valence-electron chi connectivity index (χ1n) is 5.84. The number of rotatable bonds is 5. The number of furan rings is 1. The highest BCUT2D eigenvalue weighted by Crippen LogP contribution is 2.20. The van der Waals surface area contributed by atoms with Crippen molar-refractivity contribution >= 4 is 33.4 Å². The Hall–Kier alpha value is -1.26. The molecule has 0 bridgehead atoms. The van der Waals surface area contributed by atoms with Crippen LogP contribution < -0.4 is 0 Å². The summed E-state index contributed by atoms with van der Waals surface area (Å²) < 4.78 is 5.55. The summed E-state index contributed by atoms with van der Waals surface area (Å²) in [6, 6.07) is 11.5. The van der Waals surface area contributed by atoms with Crippen molar-refractivity contribution in [3.8, 4) is 0 Å². The average molecular weight is 343 g/mol. The second kappa shape index (κ2) is 6.78. The van der Waals surface area contributed by atoms with Gasteiger partial charge in [0.1, 0.15) is 0 Å². The molecule has 19 heavy (non-hydrogen) atoms. The van der Waals surface area contributed by atoms with Gasteiger partial charge in [-0.1, -0.05) is 30.3 Å². The van der Waals surface area contributed by atoms with E-state index < -0.39 is 0 Å². The van der Waals surface area contributed by atoms with Gasteiger partial charge in [-0.05, 0) is 27.6 Å². The van der Waals surface area contributed by atoms with Crippen molar-refractivity contribution in [2.45, 2.75) is 6.54 Å². The van der Waals surface area contributed by atoms with Gasteiger partial charge in [0.05, 0.1) is 11.8 Å². The van der Waals surface area contributed by atoms with Crippen LogP contribution in [-0.4, -0.2) is 23.2 Å². The molecule has 0 atom stereocenters. The number of carbonyl (C=O) groups excluding carboxylic acids is 1. The van der Waals surface area contributed by atoms with Crippen LogP contribution in [0.15, 0.2) is 51.7 Å². The smallest absolute Gasteiger partial charge is 0.258 e. The maximum atomic E-state index is 12.4. The minimum Gasteiger partial charge on any atom is -0.457 e. The Balaban J connectivity index is 2.16. The topological polar surface area (TPSA) is 33.5 Å². The zero-order valence-corrected chi connectivity index (χ0v) is 12.5. The van der Waals surface area contributed by atoms with E-state index in [2.05, 4.69) is 15.9 Å². The molecule has 0 spiro atoms. The van der Waals surface area contributed by atoms with Crippen molar-refractivity contribution < 1.29 is 9.21 Å². The molecule has 0 aliphatic carbocycles. The van der Waals surface area contributed by atoms with E-state index in [1.807, 2.05) is 30.3 Å². The summed E-state index contributed by atoms with van der Waals surface area (Å²) in [5.41, 5.74) is 1.58. The van der Waals surface area contributed by atoms with Crippen LogP contribution in [0.3, 0.4) is 0 Å². The van der Waals surface area contributed by atoms with E-state index in [-0.39, 0.29) is 5.91 Å². The highest BCUT2D eigenvalue weighted by molar-refractivity contribution is 9.10. The molecule has 2 rings (SSSR count). The van der Waals surface area contributed by atoms with Crippen molar-refractivity contribution in [1.82, 2.24) is 4.90 Å². The fraction of sp³-hybridized carbons (Fsp3) is 0.214.